The van der Waals surface area contributed by atoms with Crippen LogP contribution in [0.2, 0.25) is 0 Å². The number of nitrogens with zero attached hydrogens (tertiary/aromatic N) is 1. The molecule has 4 heteroatoms. The number of carboxylic acid groups (broad SMARTS) is 1. The molecule has 0 radical (unpaired) electrons. The number of hydrogen-bond acceptors (Lipinski definition) is 3. The van der Waals surface area contributed by atoms with E-state index in [2.05, 4.69) is 4.98 Å². The monoisotopic (exact) mass is 259 g/mol. The molecule has 0 spiro atoms. The van der Waals surface area contributed by atoms with Gasteiger partial charge in [-0.15, -0.1) is 0 Å². The molecule has 0 fully saturated rings. The largest absolute Gasteiger partial charge is 0.477 e. The second-order valence-corrected chi connectivity index (χ2v) is 4.91. The number of fused-ring (bicyclic) bond motifs is 1. The fourth-order valence-electron chi connectivity index (χ4n) is 1.65. The van der Waals surface area contributed by atoms with Crippen LogP contribution in [0.1, 0.15) is 31.1 Å². The number of pyridine rings is 1. The van der Waals surface area contributed by atoms with Gasteiger partial charge >= 0.3 is 5.97 Å². The first-order chi connectivity index (χ1) is 8.99. The van der Waals surface area contributed by atoms with Gasteiger partial charge < -0.3 is 9.84 Å². The van der Waals surface area contributed by atoms with Gasteiger partial charge in [-0.3, -0.25) is 0 Å². The van der Waals surface area contributed by atoms with Crippen LogP contribution in [-0.2, 0) is 0 Å². The standard InChI is InChI=1S/C15H17NO3/c1-9(2)10(3)19-14-12(15(17)18)8-11-6-4-5-7-13(11)16-14/h4-10H,1-3H3,(H,17,18). The Morgan fingerprint density at radius 3 is 2.58 bits per heavy atom. The van der Waals surface area contributed by atoms with Gasteiger partial charge in [0.15, 0.2) is 0 Å². The summed E-state index contributed by atoms with van der Waals surface area (Å²) in [6.07, 6.45) is -0.0910. The molecular formula is C15H17NO3. The highest BCUT2D eigenvalue weighted by Gasteiger charge is 2.18. The maximum Gasteiger partial charge on any atom is 0.341 e. The van der Waals surface area contributed by atoms with Crippen molar-refractivity contribution in [2.24, 2.45) is 5.92 Å². The van der Waals surface area contributed by atoms with Crippen LogP contribution in [0.5, 0.6) is 5.88 Å². The number of carboxylic acids is 1. The second-order valence-electron chi connectivity index (χ2n) is 4.91. The SMILES string of the molecule is CC(C)C(C)Oc1nc2ccccc2cc1C(=O)O. The Kier molecular flexibility index (Phi) is 3.69. The quantitative estimate of drug-likeness (QED) is 0.914. The Labute approximate surface area is 112 Å². The highest BCUT2D eigenvalue weighted by atomic mass is 16.5. The molecule has 1 atom stereocenters. The third-order valence-corrected chi connectivity index (χ3v) is 3.16. The number of ether oxygens (including phenoxy) is 1. The van der Waals surface area contributed by atoms with Gasteiger partial charge in [0.2, 0.25) is 5.88 Å². The lowest BCUT2D eigenvalue weighted by Gasteiger charge is -2.18. The minimum atomic E-state index is -1.02. The molecule has 19 heavy (non-hydrogen) atoms. The summed E-state index contributed by atoms with van der Waals surface area (Å²) in [6, 6.07) is 9.00. The fraction of sp³-hybridized carbons (Fsp3) is 0.333. The van der Waals surface area contributed by atoms with E-state index in [0.29, 0.717) is 0 Å². The minimum Gasteiger partial charge on any atom is -0.477 e. The Bertz CT molecular complexity index is 607. The topological polar surface area (TPSA) is 59.4 Å². The lowest BCUT2D eigenvalue weighted by molar-refractivity contribution is 0.0685. The molecule has 1 N–H and O–H groups in total. The summed E-state index contributed by atoms with van der Waals surface area (Å²) in [5.41, 5.74) is 0.838. The summed E-state index contributed by atoms with van der Waals surface area (Å²) < 4.78 is 5.68. The van der Waals surface area contributed by atoms with E-state index in [4.69, 9.17) is 4.74 Å². The molecular weight excluding hydrogens is 242 g/mol. The van der Waals surface area contributed by atoms with E-state index in [-0.39, 0.29) is 23.5 Å². The normalized spacial score (nSPS) is 12.6. The van der Waals surface area contributed by atoms with Gasteiger partial charge in [0.05, 0.1) is 11.6 Å². The summed E-state index contributed by atoms with van der Waals surface area (Å²) in [7, 11) is 0. The van der Waals surface area contributed by atoms with Crippen molar-refractivity contribution >= 4 is 16.9 Å². The summed E-state index contributed by atoms with van der Waals surface area (Å²) in [4.78, 5) is 15.6. The predicted molar refractivity (Wildman–Crippen MR) is 73.6 cm³/mol. The number of aromatic carboxylic acids is 1. The summed E-state index contributed by atoms with van der Waals surface area (Å²) in [5, 5.41) is 10.1. The molecule has 1 heterocycles. The molecule has 0 bridgehead atoms. The Morgan fingerprint density at radius 2 is 1.95 bits per heavy atom. The van der Waals surface area contributed by atoms with Gasteiger partial charge in [0.25, 0.3) is 0 Å². The van der Waals surface area contributed by atoms with Gasteiger partial charge in [-0.2, -0.15) is 0 Å². The third-order valence-electron chi connectivity index (χ3n) is 3.16. The van der Waals surface area contributed by atoms with Crippen molar-refractivity contribution < 1.29 is 14.6 Å². The summed E-state index contributed by atoms with van der Waals surface area (Å²) in [5.74, 6) is -0.550. The zero-order valence-electron chi connectivity index (χ0n) is 11.3. The van der Waals surface area contributed by atoms with E-state index < -0.39 is 5.97 Å². The zero-order chi connectivity index (χ0) is 14.0. The lowest BCUT2D eigenvalue weighted by atomic mass is 10.1. The van der Waals surface area contributed by atoms with Crippen LogP contribution in [0, 0.1) is 5.92 Å². The molecule has 0 saturated carbocycles. The molecule has 100 valence electrons. The molecule has 0 aliphatic heterocycles. The van der Waals surface area contributed by atoms with Crippen LogP contribution in [0.4, 0.5) is 0 Å². The van der Waals surface area contributed by atoms with Crippen LogP contribution < -0.4 is 4.74 Å². The van der Waals surface area contributed by atoms with E-state index in [0.717, 1.165) is 10.9 Å². The van der Waals surface area contributed by atoms with Crippen molar-refractivity contribution in [3.05, 3.63) is 35.9 Å². The Hall–Kier alpha value is -2.10. The number of benzene rings is 1. The molecule has 1 aromatic heterocycles. The zero-order valence-corrected chi connectivity index (χ0v) is 11.3. The summed E-state index contributed by atoms with van der Waals surface area (Å²) in [6.45, 7) is 5.95. The van der Waals surface area contributed by atoms with Gasteiger partial charge in [-0.25, -0.2) is 9.78 Å². The van der Waals surface area contributed by atoms with E-state index in [9.17, 15) is 9.90 Å². The van der Waals surface area contributed by atoms with Crippen molar-refractivity contribution in [2.75, 3.05) is 0 Å². The van der Waals surface area contributed by atoms with Crippen molar-refractivity contribution in [1.82, 2.24) is 4.98 Å². The number of aromatic nitrogens is 1. The fourth-order valence-corrected chi connectivity index (χ4v) is 1.65. The van der Waals surface area contributed by atoms with Crippen LogP contribution in [0.25, 0.3) is 10.9 Å². The van der Waals surface area contributed by atoms with Crippen molar-refractivity contribution in [1.29, 1.82) is 0 Å². The molecule has 2 rings (SSSR count). The number of rotatable bonds is 4. The van der Waals surface area contributed by atoms with Crippen molar-refractivity contribution in [3.8, 4) is 5.88 Å². The average Bonchev–Trinajstić information content (AvgIpc) is 2.37. The van der Waals surface area contributed by atoms with E-state index in [1.54, 1.807) is 6.07 Å². The molecule has 1 unspecified atom stereocenters. The van der Waals surface area contributed by atoms with Gasteiger partial charge in [-0.05, 0) is 25.0 Å². The third kappa shape index (κ3) is 2.84. The van der Waals surface area contributed by atoms with Crippen LogP contribution in [0.15, 0.2) is 30.3 Å². The van der Waals surface area contributed by atoms with Gasteiger partial charge in [0, 0.05) is 5.39 Å². The highest BCUT2D eigenvalue weighted by Crippen LogP contribution is 2.24. The number of hydrogen-bond donors (Lipinski definition) is 1. The van der Waals surface area contributed by atoms with Gasteiger partial charge in [0.1, 0.15) is 5.56 Å². The van der Waals surface area contributed by atoms with Crippen molar-refractivity contribution in [3.63, 3.8) is 0 Å². The van der Waals surface area contributed by atoms with Crippen LogP contribution >= 0.6 is 0 Å². The first kappa shape index (κ1) is 13.3. The summed E-state index contributed by atoms with van der Waals surface area (Å²) >= 11 is 0. The Morgan fingerprint density at radius 1 is 1.26 bits per heavy atom. The molecule has 0 aliphatic rings. The van der Waals surface area contributed by atoms with E-state index >= 15 is 0 Å². The number of para-hydroxylation sites is 1. The second kappa shape index (κ2) is 5.26. The van der Waals surface area contributed by atoms with Crippen molar-refractivity contribution in [2.45, 2.75) is 26.9 Å². The van der Waals surface area contributed by atoms with Crippen LogP contribution in [0.3, 0.4) is 0 Å². The smallest absolute Gasteiger partial charge is 0.341 e. The average molecular weight is 259 g/mol. The van der Waals surface area contributed by atoms with E-state index in [1.807, 2.05) is 45.0 Å². The molecule has 0 saturated heterocycles. The highest BCUT2D eigenvalue weighted by molar-refractivity contribution is 5.95. The molecule has 0 amide bonds. The Balaban J connectivity index is 2.50. The minimum absolute atomic E-state index is 0.0910. The first-order valence-electron chi connectivity index (χ1n) is 6.28. The lowest BCUT2D eigenvalue weighted by Crippen LogP contribution is -2.20. The number of carbonyl (C=O) groups is 1. The molecule has 0 aliphatic carbocycles. The van der Waals surface area contributed by atoms with Crippen LogP contribution in [-0.4, -0.2) is 22.2 Å². The van der Waals surface area contributed by atoms with Gasteiger partial charge in [-0.1, -0.05) is 32.0 Å². The van der Waals surface area contributed by atoms with E-state index in [1.165, 1.54) is 0 Å². The molecule has 2 aromatic rings. The first-order valence-corrected chi connectivity index (χ1v) is 6.28. The maximum absolute atomic E-state index is 11.3. The maximum atomic E-state index is 11.3. The predicted octanol–water partition coefficient (Wildman–Crippen LogP) is 3.36. The molecule has 1 aromatic carbocycles. The molecule has 4 nitrogen and oxygen atoms in total.